The Hall–Kier alpha value is -2.76. The number of alkyl halides is 3. The van der Waals surface area contributed by atoms with Crippen molar-refractivity contribution in [2.75, 3.05) is 19.7 Å². The molecule has 0 saturated heterocycles. The molecule has 2 aromatic carbocycles. The molecule has 1 amide bonds. The molecule has 0 spiro atoms. The van der Waals surface area contributed by atoms with Gasteiger partial charge in [0.25, 0.3) is 5.91 Å². The number of hydrogen-bond acceptors (Lipinski definition) is 2. The van der Waals surface area contributed by atoms with Gasteiger partial charge in [-0.1, -0.05) is 48.5 Å². The maximum Gasteiger partial charge on any atom is 0.419 e. The van der Waals surface area contributed by atoms with Crippen LogP contribution in [0.2, 0.25) is 0 Å². The molecule has 1 aliphatic heterocycles. The van der Waals surface area contributed by atoms with E-state index < -0.39 is 18.3 Å². The molecule has 0 aromatic heterocycles. The van der Waals surface area contributed by atoms with Crippen molar-refractivity contribution in [1.82, 2.24) is 4.90 Å². The van der Waals surface area contributed by atoms with Crippen molar-refractivity contribution in [3.8, 4) is 5.75 Å². The second-order valence-electron chi connectivity index (χ2n) is 5.97. The molecule has 136 valence electrons. The van der Waals surface area contributed by atoms with E-state index in [0.29, 0.717) is 19.5 Å². The normalized spacial score (nSPS) is 14.7. The van der Waals surface area contributed by atoms with Gasteiger partial charge >= 0.3 is 6.18 Å². The van der Waals surface area contributed by atoms with Gasteiger partial charge in [0.1, 0.15) is 5.75 Å². The van der Waals surface area contributed by atoms with Crippen LogP contribution < -0.4 is 4.74 Å². The number of halogens is 3. The smallest absolute Gasteiger partial charge is 0.419 e. The summed E-state index contributed by atoms with van der Waals surface area (Å²) < 4.78 is 44.0. The minimum atomic E-state index is -4.52. The van der Waals surface area contributed by atoms with Crippen LogP contribution in [0.25, 0.3) is 5.57 Å². The molecule has 3 nitrogen and oxygen atoms in total. The van der Waals surface area contributed by atoms with E-state index in [9.17, 15) is 18.0 Å². The molecular weight excluding hydrogens is 343 g/mol. The van der Waals surface area contributed by atoms with Crippen molar-refractivity contribution in [3.63, 3.8) is 0 Å². The minimum absolute atomic E-state index is 0.328. The minimum Gasteiger partial charge on any atom is -0.483 e. The number of hydrogen-bond donors (Lipinski definition) is 0. The van der Waals surface area contributed by atoms with Gasteiger partial charge in [-0.2, -0.15) is 13.2 Å². The highest BCUT2D eigenvalue weighted by Gasteiger charge is 2.34. The van der Waals surface area contributed by atoms with E-state index in [-0.39, 0.29) is 11.7 Å². The molecule has 0 saturated carbocycles. The van der Waals surface area contributed by atoms with E-state index in [1.54, 1.807) is 4.90 Å². The van der Waals surface area contributed by atoms with E-state index in [0.717, 1.165) is 17.2 Å². The first-order valence-corrected chi connectivity index (χ1v) is 8.26. The first kappa shape index (κ1) is 18.0. The fourth-order valence-electron chi connectivity index (χ4n) is 2.87. The van der Waals surface area contributed by atoms with Crippen LogP contribution in [0, 0.1) is 0 Å². The van der Waals surface area contributed by atoms with Gasteiger partial charge in [-0.3, -0.25) is 4.79 Å². The lowest BCUT2D eigenvalue weighted by Gasteiger charge is -2.27. The third-order valence-electron chi connectivity index (χ3n) is 4.25. The van der Waals surface area contributed by atoms with Crippen LogP contribution in [0.3, 0.4) is 0 Å². The summed E-state index contributed by atoms with van der Waals surface area (Å²) >= 11 is 0. The quantitative estimate of drug-likeness (QED) is 0.808. The Labute approximate surface area is 149 Å². The zero-order valence-corrected chi connectivity index (χ0v) is 14.0. The van der Waals surface area contributed by atoms with Gasteiger partial charge in [0.15, 0.2) is 6.61 Å². The molecule has 0 N–H and O–H groups in total. The highest BCUT2D eigenvalue weighted by molar-refractivity contribution is 5.79. The average Bonchev–Trinajstić information content (AvgIpc) is 2.66. The van der Waals surface area contributed by atoms with Crippen LogP contribution >= 0.6 is 0 Å². The number of nitrogens with zero attached hydrogens (tertiary/aromatic N) is 1. The lowest BCUT2D eigenvalue weighted by molar-refractivity contribution is -0.141. The summed E-state index contributed by atoms with van der Waals surface area (Å²) in [6, 6.07) is 14.8. The second-order valence-corrected chi connectivity index (χ2v) is 5.97. The lowest BCUT2D eigenvalue weighted by atomic mass is 10.00. The van der Waals surface area contributed by atoms with E-state index in [1.807, 2.05) is 36.4 Å². The maximum absolute atomic E-state index is 12.9. The largest absolute Gasteiger partial charge is 0.483 e. The second kappa shape index (κ2) is 7.64. The Morgan fingerprint density at radius 1 is 1.04 bits per heavy atom. The standard InChI is InChI=1S/C20H18F3NO2/c21-20(22,23)17-8-4-5-9-18(17)26-14-19(25)24-12-10-16(11-13-24)15-6-2-1-3-7-15/h1-10H,11-14H2. The van der Waals surface area contributed by atoms with E-state index in [2.05, 4.69) is 0 Å². The number of amides is 1. The van der Waals surface area contributed by atoms with Crippen molar-refractivity contribution in [3.05, 3.63) is 71.8 Å². The molecule has 0 fully saturated rings. The van der Waals surface area contributed by atoms with Crippen LogP contribution in [0.15, 0.2) is 60.7 Å². The van der Waals surface area contributed by atoms with Gasteiger partial charge in [0, 0.05) is 13.1 Å². The van der Waals surface area contributed by atoms with Gasteiger partial charge in [-0.05, 0) is 29.7 Å². The zero-order chi connectivity index (χ0) is 18.6. The van der Waals surface area contributed by atoms with Crippen molar-refractivity contribution in [1.29, 1.82) is 0 Å². The van der Waals surface area contributed by atoms with E-state index >= 15 is 0 Å². The Bertz CT molecular complexity index is 800. The highest BCUT2D eigenvalue weighted by atomic mass is 19.4. The summed E-state index contributed by atoms with van der Waals surface area (Å²) in [5.74, 6) is -0.656. The highest BCUT2D eigenvalue weighted by Crippen LogP contribution is 2.35. The first-order chi connectivity index (χ1) is 12.4. The van der Waals surface area contributed by atoms with Crippen molar-refractivity contribution in [2.24, 2.45) is 0 Å². The average molecular weight is 361 g/mol. The molecule has 0 unspecified atom stereocenters. The number of rotatable bonds is 4. The Morgan fingerprint density at radius 3 is 2.38 bits per heavy atom. The summed E-state index contributed by atoms with van der Waals surface area (Å²) in [6.45, 7) is 0.527. The molecule has 1 heterocycles. The number of carbonyl (C=O) groups is 1. The zero-order valence-electron chi connectivity index (χ0n) is 14.0. The Balaban J connectivity index is 1.60. The molecule has 2 aromatic rings. The van der Waals surface area contributed by atoms with Gasteiger partial charge in [0.2, 0.25) is 0 Å². The van der Waals surface area contributed by atoms with Crippen LogP contribution in [0.4, 0.5) is 13.2 Å². The van der Waals surface area contributed by atoms with Gasteiger partial charge in [-0.15, -0.1) is 0 Å². The molecule has 3 rings (SSSR count). The van der Waals surface area contributed by atoms with Crippen LogP contribution in [-0.2, 0) is 11.0 Å². The van der Waals surface area contributed by atoms with Gasteiger partial charge in [0.05, 0.1) is 5.56 Å². The van der Waals surface area contributed by atoms with Gasteiger partial charge in [-0.25, -0.2) is 0 Å². The molecule has 0 aliphatic carbocycles. The van der Waals surface area contributed by atoms with Gasteiger partial charge < -0.3 is 9.64 Å². The summed E-state index contributed by atoms with van der Waals surface area (Å²) in [7, 11) is 0. The molecule has 0 radical (unpaired) electrons. The number of carbonyl (C=O) groups excluding carboxylic acids is 1. The third-order valence-corrected chi connectivity index (χ3v) is 4.25. The topological polar surface area (TPSA) is 29.5 Å². The fraction of sp³-hybridized carbons (Fsp3) is 0.250. The summed E-state index contributed by atoms with van der Waals surface area (Å²) in [5, 5.41) is 0. The summed E-state index contributed by atoms with van der Waals surface area (Å²) in [6.07, 6.45) is -1.84. The maximum atomic E-state index is 12.9. The molecule has 0 bridgehead atoms. The Morgan fingerprint density at radius 2 is 1.73 bits per heavy atom. The van der Waals surface area contributed by atoms with Crippen molar-refractivity contribution in [2.45, 2.75) is 12.6 Å². The van der Waals surface area contributed by atoms with Crippen LogP contribution in [0.5, 0.6) is 5.75 Å². The molecule has 26 heavy (non-hydrogen) atoms. The predicted octanol–water partition coefficient (Wildman–Crippen LogP) is 4.40. The number of benzene rings is 2. The molecule has 0 atom stereocenters. The summed E-state index contributed by atoms with van der Waals surface area (Å²) in [4.78, 5) is 13.9. The number of ether oxygens (including phenoxy) is 1. The first-order valence-electron chi connectivity index (χ1n) is 8.26. The number of para-hydroxylation sites is 1. The predicted molar refractivity (Wildman–Crippen MR) is 92.6 cm³/mol. The monoisotopic (exact) mass is 361 g/mol. The van der Waals surface area contributed by atoms with Crippen LogP contribution in [-0.4, -0.2) is 30.5 Å². The molecule has 6 heteroatoms. The van der Waals surface area contributed by atoms with Crippen molar-refractivity contribution >= 4 is 11.5 Å². The van der Waals surface area contributed by atoms with Crippen molar-refractivity contribution < 1.29 is 22.7 Å². The lowest BCUT2D eigenvalue weighted by Crippen LogP contribution is -2.38. The van der Waals surface area contributed by atoms with Crippen LogP contribution in [0.1, 0.15) is 17.5 Å². The fourth-order valence-corrected chi connectivity index (χ4v) is 2.87. The summed E-state index contributed by atoms with van der Waals surface area (Å²) in [5.41, 5.74) is 1.41. The third kappa shape index (κ3) is 4.25. The Kier molecular flexibility index (Phi) is 5.30. The SMILES string of the molecule is O=C(COc1ccccc1C(F)(F)F)N1CC=C(c2ccccc2)CC1. The van der Waals surface area contributed by atoms with E-state index in [1.165, 1.54) is 18.2 Å². The molecular formula is C20H18F3NO2. The molecule has 1 aliphatic rings. The van der Waals surface area contributed by atoms with E-state index in [4.69, 9.17) is 4.74 Å².